The summed E-state index contributed by atoms with van der Waals surface area (Å²) >= 11 is -1.33. The van der Waals surface area contributed by atoms with Crippen molar-refractivity contribution in [2.45, 2.75) is 72.6 Å². The van der Waals surface area contributed by atoms with Gasteiger partial charge in [-0.2, -0.15) is 0 Å². The van der Waals surface area contributed by atoms with Crippen LogP contribution in [0.3, 0.4) is 0 Å². The predicted octanol–water partition coefficient (Wildman–Crippen LogP) is 6.04. The minimum absolute atomic E-state index is 0. The average molecular weight is 864 g/mol. The third-order valence-electron chi connectivity index (χ3n) is 9.36. The fourth-order valence-corrected chi connectivity index (χ4v) is 23.1. The Morgan fingerprint density at radius 2 is 0.915 bits per heavy atom. The van der Waals surface area contributed by atoms with Crippen molar-refractivity contribution in [1.82, 2.24) is 0 Å². The minimum atomic E-state index is -1.33. The van der Waals surface area contributed by atoms with Crippen molar-refractivity contribution in [2.75, 3.05) is 12.3 Å². The zero-order chi connectivity index (χ0) is 30.8. The van der Waals surface area contributed by atoms with Gasteiger partial charge in [-0.15, -0.1) is 0 Å². The standard InChI is InChI=1S/C21H16P.C21H32P.2ClH.Hf/c1-3-11-19(12-4-1)22(20-13-5-2-6-14-20)21-15-17-9-7-8-10-18(17)16-21;1-3-5-7-11-15-22(16-12-8-6-4-2)21-17-19-13-9-10-14-20(19)18-21;;;/h1-16H;9-10,13-14,17-18H,3-8,11-12,15-16H2,1-2H3;2*1H;/q;;;;+2/p-2. The molecule has 47 heavy (non-hydrogen) atoms. The molecule has 2 atom stereocenters. The van der Waals surface area contributed by atoms with Crippen molar-refractivity contribution < 1.29 is 47.7 Å². The van der Waals surface area contributed by atoms with Gasteiger partial charge in [0.15, 0.2) is 0 Å². The van der Waals surface area contributed by atoms with Crippen LogP contribution in [0.15, 0.2) is 120 Å². The van der Waals surface area contributed by atoms with Crippen LogP contribution < -0.4 is 35.4 Å². The van der Waals surface area contributed by atoms with E-state index in [4.69, 9.17) is 0 Å². The molecule has 0 N–H and O–H groups in total. The zero-order valence-corrected chi connectivity index (χ0v) is 34.8. The largest absolute Gasteiger partial charge is 1.00 e. The SMILES string of the molecule is CCCCCCP(CCCCCC)C1=Cc2ccccc2[CH]1[Hf+2][CH]1C(P(c2ccccc2)c2ccccc2)=Cc2ccccc21.[Cl-].[Cl-]. The Hall–Kier alpha value is -1.33. The minimum Gasteiger partial charge on any atom is -1.00 e. The number of rotatable bonds is 16. The Bertz CT molecular complexity index is 1540. The molecule has 0 aliphatic heterocycles. The number of hydrogen-bond donors (Lipinski definition) is 0. The maximum Gasteiger partial charge on any atom is -1.00 e. The summed E-state index contributed by atoms with van der Waals surface area (Å²) in [5.74, 6) is 0. The van der Waals surface area contributed by atoms with E-state index in [1.807, 2.05) is 5.31 Å². The second-order valence-electron chi connectivity index (χ2n) is 12.5. The van der Waals surface area contributed by atoms with E-state index >= 15 is 0 Å². The fourth-order valence-electron chi connectivity index (χ4n) is 7.03. The molecule has 4 aromatic rings. The average Bonchev–Trinajstić information content (AvgIpc) is 3.63. The van der Waals surface area contributed by atoms with E-state index < -0.39 is 30.8 Å². The molecule has 0 heterocycles. The van der Waals surface area contributed by atoms with Crippen LogP contribution in [-0.2, 0) is 22.9 Å². The third-order valence-corrected chi connectivity index (χ3v) is 23.3. The van der Waals surface area contributed by atoms with Crippen molar-refractivity contribution in [1.29, 1.82) is 0 Å². The van der Waals surface area contributed by atoms with E-state index in [9.17, 15) is 0 Å². The molecule has 0 amide bonds. The van der Waals surface area contributed by atoms with Crippen LogP contribution >= 0.6 is 15.8 Å². The molecule has 0 spiro atoms. The monoisotopic (exact) mass is 864 g/mol. The second-order valence-corrected chi connectivity index (χ2v) is 22.6. The Morgan fingerprint density at radius 3 is 1.40 bits per heavy atom. The van der Waals surface area contributed by atoms with Crippen molar-refractivity contribution in [3.8, 4) is 0 Å². The van der Waals surface area contributed by atoms with Crippen molar-refractivity contribution in [3.05, 3.63) is 142 Å². The molecule has 2 aliphatic rings. The summed E-state index contributed by atoms with van der Waals surface area (Å²) in [6.07, 6.45) is 19.2. The molecular formula is C42H48Cl2HfP2. The van der Waals surface area contributed by atoms with Gasteiger partial charge >= 0.3 is 288 Å². The summed E-state index contributed by atoms with van der Waals surface area (Å²) in [5.41, 5.74) is 6.29. The Labute approximate surface area is 311 Å². The first-order valence-electron chi connectivity index (χ1n) is 17.3. The number of allylic oxidation sites excluding steroid dienone is 2. The molecule has 5 heteroatoms. The van der Waals surface area contributed by atoms with Crippen LogP contribution in [-0.4, -0.2) is 12.3 Å². The second kappa shape index (κ2) is 19.8. The van der Waals surface area contributed by atoms with Gasteiger partial charge in [0.1, 0.15) is 0 Å². The molecule has 244 valence electrons. The number of fused-ring (bicyclic) bond motifs is 2. The van der Waals surface area contributed by atoms with E-state index in [0.717, 1.165) is 0 Å². The summed E-state index contributed by atoms with van der Waals surface area (Å²) in [4.78, 5) is 0. The molecule has 2 aliphatic carbocycles. The smallest absolute Gasteiger partial charge is 1.00 e. The van der Waals surface area contributed by atoms with Crippen LogP contribution in [0.1, 0.15) is 94.8 Å². The summed E-state index contributed by atoms with van der Waals surface area (Å²) in [6, 6.07) is 41.8. The molecule has 0 saturated heterocycles. The van der Waals surface area contributed by atoms with E-state index in [2.05, 4.69) is 135 Å². The summed E-state index contributed by atoms with van der Waals surface area (Å²) in [5, 5.41) is 6.58. The van der Waals surface area contributed by atoms with E-state index in [1.54, 1.807) is 16.4 Å². The first kappa shape index (κ1) is 38.5. The molecule has 0 fully saturated rings. The van der Waals surface area contributed by atoms with Crippen molar-refractivity contribution in [3.63, 3.8) is 0 Å². The number of halogens is 2. The molecule has 6 rings (SSSR count). The van der Waals surface area contributed by atoms with Gasteiger partial charge < -0.3 is 24.8 Å². The molecule has 4 aromatic carbocycles. The Morgan fingerprint density at radius 1 is 0.489 bits per heavy atom. The fraction of sp³-hybridized carbons (Fsp3) is 0.333. The normalized spacial score (nSPS) is 16.1. The van der Waals surface area contributed by atoms with Crippen LogP contribution in [0.2, 0.25) is 0 Å². The van der Waals surface area contributed by atoms with Gasteiger partial charge in [0.2, 0.25) is 0 Å². The van der Waals surface area contributed by atoms with E-state index in [-0.39, 0.29) is 32.7 Å². The predicted molar refractivity (Wildman–Crippen MR) is 198 cm³/mol. The van der Waals surface area contributed by atoms with Crippen molar-refractivity contribution >= 4 is 38.6 Å². The molecule has 0 bridgehead atoms. The van der Waals surface area contributed by atoms with Gasteiger partial charge in [-0.1, -0.05) is 0 Å². The van der Waals surface area contributed by atoms with Crippen LogP contribution in [0.5, 0.6) is 0 Å². The van der Waals surface area contributed by atoms with Crippen LogP contribution in [0, 0.1) is 0 Å². The Kier molecular flexibility index (Phi) is 16.2. The molecule has 0 saturated carbocycles. The van der Waals surface area contributed by atoms with E-state index in [0.29, 0.717) is 7.35 Å². The van der Waals surface area contributed by atoms with Gasteiger partial charge in [0.25, 0.3) is 0 Å². The maximum absolute atomic E-state index is 2.71. The first-order valence-corrected chi connectivity index (χ1v) is 24.5. The summed E-state index contributed by atoms with van der Waals surface area (Å²) in [6.45, 7) is 4.69. The zero-order valence-electron chi connectivity index (χ0n) is 27.9. The molecule has 0 nitrogen and oxygen atoms in total. The summed E-state index contributed by atoms with van der Waals surface area (Å²) < 4.78 is 1.32. The Balaban J connectivity index is 0.00000250. The van der Waals surface area contributed by atoms with Crippen LogP contribution in [0.25, 0.3) is 12.2 Å². The molecular weight excluding hydrogens is 816 g/mol. The van der Waals surface area contributed by atoms with Gasteiger partial charge in [-0.3, -0.25) is 0 Å². The van der Waals surface area contributed by atoms with Gasteiger partial charge in [-0.25, -0.2) is 0 Å². The maximum atomic E-state index is 2.71. The summed E-state index contributed by atoms with van der Waals surface area (Å²) in [7, 11) is -0.676. The van der Waals surface area contributed by atoms with E-state index in [1.165, 1.54) is 85.4 Å². The molecule has 2 unspecified atom stereocenters. The molecule has 0 aromatic heterocycles. The van der Waals surface area contributed by atoms with Gasteiger partial charge in [0.05, 0.1) is 0 Å². The van der Waals surface area contributed by atoms with Gasteiger partial charge in [-0.05, 0) is 0 Å². The topological polar surface area (TPSA) is 0 Å². The quantitative estimate of drug-likeness (QED) is 0.0733. The van der Waals surface area contributed by atoms with Crippen LogP contribution in [0.4, 0.5) is 0 Å². The number of unbranched alkanes of at least 4 members (excludes halogenated alkanes) is 6. The third kappa shape index (κ3) is 9.47. The van der Waals surface area contributed by atoms with Gasteiger partial charge in [0, 0.05) is 0 Å². The first-order chi connectivity index (χ1) is 22.3. The number of hydrogen-bond acceptors (Lipinski definition) is 0. The van der Waals surface area contributed by atoms with Crippen molar-refractivity contribution in [2.24, 2.45) is 0 Å². The number of benzene rings is 4. The molecule has 0 radical (unpaired) electrons.